The average molecular weight is 243 g/mol. The molecule has 0 N–H and O–H groups in total. The van der Waals surface area contributed by atoms with Gasteiger partial charge in [0, 0.05) is 0 Å². The summed E-state index contributed by atoms with van der Waals surface area (Å²) in [6, 6.07) is 0. The highest BCUT2D eigenvalue weighted by molar-refractivity contribution is 7.13. The number of ether oxygens (including phenoxy) is 3. The van der Waals surface area contributed by atoms with Gasteiger partial charge in [0.05, 0.1) is 23.9 Å². The molecule has 0 spiro atoms. The van der Waals surface area contributed by atoms with Crippen molar-refractivity contribution in [3.05, 3.63) is 15.6 Å². The van der Waals surface area contributed by atoms with Crippen molar-refractivity contribution >= 4 is 17.3 Å². The predicted molar refractivity (Wildman–Crippen MR) is 57.6 cm³/mol. The summed E-state index contributed by atoms with van der Waals surface area (Å²) >= 11 is 1.33. The van der Waals surface area contributed by atoms with Gasteiger partial charge in [0.25, 0.3) is 0 Å². The molecule has 5 nitrogen and oxygen atoms in total. The molecule has 1 aliphatic rings. The van der Waals surface area contributed by atoms with Crippen molar-refractivity contribution in [1.29, 1.82) is 0 Å². The molecule has 6 heteroatoms. The molecule has 0 radical (unpaired) electrons. The fourth-order valence-corrected chi connectivity index (χ4v) is 2.23. The summed E-state index contributed by atoms with van der Waals surface area (Å²) in [5, 5.41) is 0.852. The molecule has 1 aromatic rings. The van der Waals surface area contributed by atoms with Gasteiger partial charge >= 0.3 is 5.97 Å². The van der Waals surface area contributed by atoms with E-state index in [1.54, 1.807) is 6.92 Å². The van der Waals surface area contributed by atoms with Crippen molar-refractivity contribution in [3.8, 4) is 0 Å². The quantitative estimate of drug-likeness (QED) is 0.732. The molecule has 0 aliphatic carbocycles. The number of aromatic nitrogens is 1. The van der Waals surface area contributed by atoms with Crippen molar-refractivity contribution in [3.63, 3.8) is 0 Å². The Labute approximate surface area is 97.3 Å². The zero-order chi connectivity index (χ0) is 11.5. The molecule has 1 atom stereocenters. The molecule has 0 saturated carbocycles. The fourth-order valence-electron chi connectivity index (χ4n) is 1.43. The topological polar surface area (TPSA) is 57.7 Å². The minimum Gasteiger partial charge on any atom is -0.429 e. The lowest BCUT2D eigenvalue weighted by atomic mass is 10.4. The van der Waals surface area contributed by atoms with Crippen molar-refractivity contribution < 1.29 is 19.0 Å². The van der Waals surface area contributed by atoms with Gasteiger partial charge in [-0.3, -0.25) is 0 Å². The lowest BCUT2D eigenvalue weighted by Gasteiger charge is -2.22. The monoisotopic (exact) mass is 243 g/mol. The molecule has 0 amide bonds. The normalized spacial score (nSPS) is 20.8. The van der Waals surface area contributed by atoms with Gasteiger partial charge in [0.1, 0.15) is 11.5 Å². The van der Waals surface area contributed by atoms with Crippen LogP contribution in [-0.2, 0) is 14.2 Å². The first kappa shape index (κ1) is 11.5. The Morgan fingerprint density at radius 3 is 2.88 bits per heavy atom. The number of nitrogens with zero attached hydrogens (tertiary/aromatic N) is 1. The van der Waals surface area contributed by atoms with Crippen LogP contribution in [0, 0.1) is 13.8 Å². The average Bonchev–Trinajstić information content (AvgIpc) is 2.59. The smallest absolute Gasteiger partial charge is 0.352 e. The fraction of sp³-hybridized carbons (Fsp3) is 0.600. The Morgan fingerprint density at radius 1 is 1.50 bits per heavy atom. The lowest BCUT2D eigenvalue weighted by Crippen LogP contribution is -2.32. The molecule has 2 heterocycles. The van der Waals surface area contributed by atoms with Crippen molar-refractivity contribution in [2.24, 2.45) is 0 Å². The zero-order valence-electron chi connectivity index (χ0n) is 9.19. The van der Waals surface area contributed by atoms with E-state index in [0.29, 0.717) is 30.4 Å². The van der Waals surface area contributed by atoms with Gasteiger partial charge in [-0.15, -0.1) is 11.3 Å². The minimum atomic E-state index is -0.594. The van der Waals surface area contributed by atoms with E-state index >= 15 is 0 Å². The van der Waals surface area contributed by atoms with Crippen LogP contribution in [0.15, 0.2) is 0 Å². The van der Waals surface area contributed by atoms with Gasteiger partial charge < -0.3 is 14.2 Å². The molecule has 2 rings (SSSR count). The number of hydrogen-bond donors (Lipinski definition) is 0. The molecule has 1 aliphatic heterocycles. The van der Waals surface area contributed by atoms with Crippen LogP contribution in [0.2, 0.25) is 0 Å². The van der Waals surface area contributed by atoms with E-state index in [0.717, 1.165) is 5.01 Å². The number of carbonyl (C=O) groups is 1. The molecule has 1 saturated heterocycles. The maximum Gasteiger partial charge on any atom is 0.352 e. The third-order valence-electron chi connectivity index (χ3n) is 2.11. The first-order valence-electron chi connectivity index (χ1n) is 5.01. The van der Waals surface area contributed by atoms with Gasteiger partial charge in [0.15, 0.2) is 0 Å². The standard InChI is InChI=1S/C10H13NO4S/c1-6-9(16-7(2)11-6)10(12)15-8-5-13-3-4-14-8/h8H,3-5H2,1-2H3. The van der Waals surface area contributed by atoms with Gasteiger partial charge in [-0.1, -0.05) is 0 Å². The van der Waals surface area contributed by atoms with Crippen LogP contribution in [0.5, 0.6) is 0 Å². The molecule has 1 aromatic heterocycles. The molecule has 16 heavy (non-hydrogen) atoms. The highest BCUT2D eigenvalue weighted by Gasteiger charge is 2.22. The highest BCUT2D eigenvalue weighted by atomic mass is 32.1. The summed E-state index contributed by atoms with van der Waals surface area (Å²) in [5.41, 5.74) is 0.698. The Kier molecular flexibility index (Phi) is 3.52. The molecular weight excluding hydrogens is 230 g/mol. The lowest BCUT2D eigenvalue weighted by molar-refractivity contribution is -0.186. The SMILES string of the molecule is Cc1nc(C)c(C(=O)OC2COCCO2)s1. The first-order chi connectivity index (χ1) is 7.66. The summed E-state index contributed by atoms with van der Waals surface area (Å²) in [6.45, 7) is 4.95. The second-order valence-electron chi connectivity index (χ2n) is 3.43. The number of thiazole rings is 1. The van der Waals surface area contributed by atoms with E-state index in [4.69, 9.17) is 14.2 Å². The van der Waals surface area contributed by atoms with Crippen LogP contribution in [0.1, 0.15) is 20.4 Å². The van der Waals surface area contributed by atoms with E-state index in [1.165, 1.54) is 11.3 Å². The first-order valence-corrected chi connectivity index (χ1v) is 5.83. The van der Waals surface area contributed by atoms with Gasteiger partial charge in [-0.05, 0) is 13.8 Å². The van der Waals surface area contributed by atoms with Crippen LogP contribution in [0.25, 0.3) is 0 Å². The molecule has 0 bridgehead atoms. The number of esters is 1. The maximum absolute atomic E-state index is 11.8. The zero-order valence-corrected chi connectivity index (χ0v) is 10.0. The highest BCUT2D eigenvalue weighted by Crippen LogP contribution is 2.19. The van der Waals surface area contributed by atoms with Gasteiger partial charge in [0.2, 0.25) is 6.29 Å². The Hall–Kier alpha value is -0.980. The second kappa shape index (κ2) is 4.90. The maximum atomic E-state index is 11.8. The number of aryl methyl sites for hydroxylation is 2. The van der Waals surface area contributed by atoms with Crippen LogP contribution < -0.4 is 0 Å². The summed E-state index contributed by atoms with van der Waals surface area (Å²) in [5.74, 6) is -0.390. The van der Waals surface area contributed by atoms with E-state index < -0.39 is 12.3 Å². The Bertz CT molecular complexity index is 384. The number of rotatable bonds is 2. The van der Waals surface area contributed by atoms with Gasteiger partial charge in [-0.25, -0.2) is 9.78 Å². The van der Waals surface area contributed by atoms with Gasteiger partial charge in [-0.2, -0.15) is 0 Å². The van der Waals surface area contributed by atoms with E-state index in [-0.39, 0.29) is 0 Å². The van der Waals surface area contributed by atoms with E-state index in [9.17, 15) is 4.79 Å². The van der Waals surface area contributed by atoms with Crippen LogP contribution in [-0.4, -0.2) is 37.1 Å². The summed E-state index contributed by atoms with van der Waals surface area (Å²) in [7, 11) is 0. The van der Waals surface area contributed by atoms with Crippen LogP contribution in [0.4, 0.5) is 0 Å². The molecule has 0 aromatic carbocycles. The van der Waals surface area contributed by atoms with Crippen molar-refractivity contribution in [1.82, 2.24) is 4.98 Å². The number of carbonyl (C=O) groups excluding carboxylic acids is 1. The molecular formula is C10H13NO4S. The Morgan fingerprint density at radius 2 is 2.31 bits per heavy atom. The molecule has 88 valence electrons. The van der Waals surface area contributed by atoms with Crippen molar-refractivity contribution in [2.75, 3.05) is 19.8 Å². The molecule has 1 unspecified atom stereocenters. The third kappa shape index (κ3) is 2.58. The second-order valence-corrected chi connectivity index (χ2v) is 4.63. The molecule has 1 fully saturated rings. The number of hydrogen-bond acceptors (Lipinski definition) is 6. The van der Waals surface area contributed by atoms with E-state index in [1.807, 2.05) is 6.92 Å². The minimum absolute atomic E-state index is 0.294. The summed E-state index contributed by atoms with van der Waals surface area (Å²) in [6.07, 6.45) is -0.594. The summed E-state index contributed by atoms with van der Waals surface area (Å²) < 4.78 is 15.5. The largest absolute Gasteiger partial charge is 0.429 e. The van der Waals surface area contributed by atoms with Crippen LogP contribution >= 0.6 is 11.3 Å². The van der Waals surface area contributed by atoms with Crippen LogP contribution in [0.3, 0.4) is 0 Å². The predicted octanol–water partition coefficient (Wildman–Crippen LogP) is 1.29. The van der Waals surface area contributed by atoms with Crippen molar-refractivity contribution in [2.45, 2.75) is 20.1 Å². The van der Waals surface area contributed by atoms with E-state index in [2.05, 4.69) is 4.98 Å². The summed E-state index contributed by atoms with van der Waals surface area (Å²) in [4.78, 5) is 16.5. The third-order valence-corrected chi connectivity index (χ3v) is 3.17. The Balaban J connectivity index is 1.99.